The van der Waals surface area contributed by atoms with E-state index in [0.717, 1.165) is 6.21 Å². The van der Waals surface area contributed by atoms with Gasteiger partial charge in [-0.25, -0.2) is 4.98 Å². The Morgan fingerprint density at radius 1 is 1.36 bits per heavy atom. The van der Waals surface area contributed by atoms with E-state index >= 15 is 0 Å². The van der Waals surface area contributed by atoms with E-state index in [1.807, 2.05) is 6.92 Å². The van der Waals surface area contributed by atoms with Gasteiger partial charge in [0.05, 0.1) is 21.9 Å². The Kier molecular flexibility index (Phi) is 6.66. The Morgan fingerprint density at radius 2 is 2.07 bits per heavy atom. The quantitative estimate of drug-likeness (QED) is 0.162. The maximum atomic E-state index is 9.66. The molecule has 2 aromatic rings. The molecule has 0 aromatic carbocycles. The molecule has 12 nitrogen and oxygen atoms in total. The number of nitrogens with zero attached hydrogens (tertiary/aromatic N) is 5. The lowest BCUT2D eigenvalue weighted by atomic mass is 10.0. The van der Waals surface area contributed by atoms with Crippen LogP contribution in [-0.2, 0) is 11.6 Å². The summed E-state index contributed by atoms with van der Waals surface area (Å²) < 4.78 is 1.23. The summed E-state index contributed by atoms with van der Waals surface area (Å²) in [5.41, 5.74) is 2.25. The number of hydrazone groups is 1. The minimum Gasteiger partial charge on any atom is -0.369 e. The summed E-state index contributed by atoms with van der Waals surface area (Å²) in [4.78, 5) is 8.39. The van der Waals surface area contributed by atoms with Crippen molar-refractivity contribution in [3.63, 3.8) is 0 Å². The molecule has 0 fully saturated rings. The molecule has 0 radical (unpaired) electrons. The van der Waals surface area contributed by atoms with Crippen LogP contribution in [-0.4, -0.2) is 54.0 Å². The molecule has 0 bridgehead atoms. The fraction of sp³-hybridized carbons (Fsp3) is 0.400. The van der Waals surface area contributed by atoms with E-state index < -0.39 is 11.6 Å². The van der Waals surface area contributed by atoms with Crippen molar-refractivity contribution in [3.05, 3.63) is 22.4 Å². The third-order valence-corrected chi connectivity index (χ3v) is 4.04. The molecule has 0 unspecified atom stereocenters. The lowest BCUT2D eigenvalue weighted by molar-refractivity contribution is -0.379. The zero-order valence-electron chi connectivity index (χ0n) is 15.5. The summed E-state index contributed by atoms with van der Waals surface area (Å²) in [6, 6.07) is 1.47. The van der Waals surface area contributed by atoms with Crippen LogP contribution in [0.2, 0.25) is 0 Å². The van der Waals surface area contributed by atoms with Crippen LogP contribution in [0, 0.1) is 5.41 Å². The first kappa shape index (κ1) is 21.7. The lowest BCUT2D eigenvalue weighted by Gasteiger charge is -2.22. The molecule has 0 atom stereocenters. The van der Waals surface area contributed by atoms with Crippen LogP contribution in [0.1, 0.15) is 26.5 Å². The SMILES string of the molecule is CCNc1nc(Nc2cc(C(C)(C)N/N=C\C=N)nn2C(O)(O)O)ncc1Br. The molecule has 152 valence electrons. The lowest BCUT2D eigenvalue weighted by Crippen LogP contribution is -2.36. The van der Waals surface area contributed by atoms with Crippen molar-refractivity contribution in [2.45, 2.75) is 32.4 Å². The number of aliphatic hydroxyl groups is 3. The molecule has 0 aliphatic heterocycles. The molecule has 0 saturated carbocycles. The van der Waals surface area contributed by atoms with Gasteiger partial charge >= 0.3 is 6.10 Å². The summed E-state index contributed by atoms with van der Waals surface area (Å²) in [5, 5.41) is 49.7. The van der Waals surface area contributed by atoms with E-state index in [2.05, 4.69) is 52.2 Å². The first-order valence-electron chi connectivity index (χ1n) is 8.19. The van der Waals surface area contributed by atoms with Gasteiger partial charge in [0.2, 0.25) is 5.95 Å². The molecule has 0 amide bonds. The minimum absolute atomic E-state index is 0.0261. The average Bonchev–Trinajstić information content (AvgIpc) is 3.03. The highest BCUT2D eigenvalue weighted by molar-refractivity contribution is 9.10. The van der Waals surface area contributed by atoms with Crippen molar-refractivity contribution in [3.8, 4) is 0 Å². The number of aromatic nitrogens is 4. The maximum absolute atomic E-state index is 9.66. The average molecular weight is 456 g/mol. The highest BCUT2D eigenvalue weighted by Crippen LogP contribution is 2.27. The fourth-order valence-corrected chi connectivity index (χ4v) is 2.46. The minimum atomic E-state index is -3.26. The summed E-state index contributed by atoms with van der Waals surface area (Å²) in [6.07, 6.45) is 0.511. The molecule has 0 spiro atoms. The van der Waals surface area contributed by atoms with Crippen LogP contribution in [0.15, 0.2) is 21.8 Å². The highest BCUT2D eigenvalue weighted by atomic mass is 79.9. The summed E-state index contributed by atoms with van der Waals surface area (Å²) in [6.45, 7) is 6.02. The molecule has 0 aliphatic rings. The normalized spacial score (nSPS) is 12.2. The predicted molar refractivity (Wildman–Crippen MR) is 107 cm³/mol. The van der Waals surface area contributed by atoms with Crippen LogP contribution < -0.4 is 16.1 Å². The van der Waals surface area contributed by atoms with E-state index in [0.29, 0.717) is 27.2 Å². The first-order chi connectivity index (χ1) is 13.1. The number of nitrogens with one attached hydrogen (secondary N) is 4. The van der Waals surface area contributed by atoms with Gasteiger partial charge in [-0.05, 0) is 36.7 Å². The number of anilines is 3. The predicted octanol–water partition coefficient (Wildman–Crippen LogP) is 0.616. The molecule has 2 rings (SSSR count). The molecule has 2 aromatic heterocycles. The maximum Gasteiger partial charge on any atom is 0.390 e. The van der Waals surface area contributed by atoms with E-state index in [1.54, 1.807) is 13.8 Å². The Labute approximate surface area is 169 Å². The third-order valence-electron chi connectivity index (χ3n) is 3.46. The Bertz CT molecular complexity index is 861. The van der Waals surface area contributed by atoms with Crippen LogP contribution in [0.5, 0.6) is 0 Å². The third kappa shape index (κ3) is 5.22. The number of rotatable bonds is 9. The van der Waals surface area contributed by atoms with Crippen LogP contribution >= 0.6 is 15.9 Å². The zero-order chi connectivity index (χ0) is 20.9. The van der Waals surface area contributed by atoms with E-state index in [-0.39, 0.29) is 11.8 Å². The second kappa shape index (κ2) is 8.60. The summed E-state index contributed by atoms with van der Waals surface area (Å²) in [7, 11) is 0. The molecule has 13 heteroatoms. The molecule has 0 saturated heterocycles. The summed E-state index contributed by atoms with van der Waals surface area (Å²) in [5.74, 6) is 0.708. The molecule has 28 heavy (non-hydrogen) atoms. The van der Waals surface area contributed by atoms with Gasteiger partial charge in [0.15, 0.2) is 0 Å². The van der Waals surface area contributed by atoms with Gasteiger partial charge in [0.25, 0.3) is 0 Å². The first-order valence-corrected chi connectivity index (χ1v) is 8.98. The number of hydrogen-bond donors (Lipinski definition) is 7. The molecule has 7 N–H and O–H groups in total. The van der Waals surface area contributed by atoms with Crippen molar-refractivity contribution >= 4 is 45.9 Å². The van der Waals surface area contributed by atoms with Crippen molar-refractivity contribution in [1.82, 2.24) is 25.2 Å². The Morgan fingerprint density at radius 3 is 2.68 bits per heavy atom. The van der Waals surface area contributed by atoms with Crippen molar-refractivity contribution < 1.29 is 15.3 Å². The van der Waals surface area contributed by atoms with Gasteiger partial charge in [-0.2, -0.15) is 19.9 Å². The summed E-state index contributed by atoms with van der Waals surface area (Å²) >= 11 is 3.33. The van der Waals surface area contributed by atoms with Crippen LogP contribution in [0.4, 0.5) is 17.6 Å². The largest absolute Gasteiger partial charge is 0.390 e. The van der Waals surface area contributed by atoms with Crippen molar-refractivity contribution in [2.75, 3.05) is 17.2 Å². The molecular formula is C15H22BrN9O3. The van der Waals surface area contributed by atoms with Gasteiger partial charge in [0, 0.05) is 25.0 Å². The van der Waals surface area contributed by atoms with Gasteiger partial charge in [-0.15, -0.1) is 0 Å². The highest BCUT2D eigenvalue weighted by Gasteiger charge is 2.32. The monoisotopic (exact) mass is 455 g/mol. The van der Waals surface area contributed by atoms with Crippen molar-refractivity contribution in [2.24, 2.45) is 5.10 Å². The number of halogens is 1. The molecule has 0 aliphatic carbocycles. The van der Waals surface area contributed by atoms with E-state index in [1.165, 1.54) is 18.5 Å². The smallest absolute Gasteiger partial charge is 0.369 e. The Hall–Kier alpha value is -2.61. The van der Waals surface area contributed by atoms with Gasteiger partial charge in [-0.1, -0.05) is 0 Å². The van der Waals surface area contributed by atoms with Crippen molar-refractivity contribution in [1.29, 1.82) is 5.41 Å². The molecule has 2 heterocycles. The van der Waals surface area contributed by atoms with Gasteiger partial charge in [-0.3, -0.25) is 5.43 Å². The van der Waals surface area contributed by atoms with Crippen LogP contribution in [0.25, 0.3) is 0 Å². The standard InChI is InChI=1S/C15H22BrN9O3/c1-4-18-12-9(16)8-19-13(22-12)21-11-7-10(23-25(11)15(26,27)28)14(2,3)24-20-6-5-17/h5-8,17,24,26-28H,4H2,1-3H3,(H2,18,19,21,22)/b17-5?,20-6-. The fourth-order valence-electron chi connectivity index (χ4n) is 2.13. The Balaban J connectivity index is 2.41. The van der Waals surface area contributed by atoms with Gasteiger partial charge in [0.1, 0.15) is 11.6 Å². The van der Waals surface area contributed by atoms with Crippen LogP contribution in [0.3, 0.4) is 0 Å². The second-order valence-corrected chi connectivity index (χ2v) is 7.01. The second-order valence-electron chi connectivity index (χ2n) is 6.15. The van der Waals surface area contributed by atoms with E-state index in [9.17, 15) is 15.3 Å². The molecular weight excluding hydrogens is 434 g/mol. The van der Waals surface area contributed by atoms with Gasteiger partial charge < -0.3 is 31.4 Å². The van der Waals surface area contributed by atoms with E-state index in [4.69, 9.17) is 5.41 Å². The topological polar surface area (TPSA) is 177 Å². The zero-order valence-corrected chi connectivity index (χ0v) is 17.1. The number of hydrogen-bond acceptors (Lipinski definition) is 11.